The van der Waals surface area contributed by atoms with Crippen LogP contribution >= 0.6 is 0 Å². The first kappa shape index (κ1) is 17.2. The molecule has 0 spiro atoms. The van der Waals surface area contributed by atoms with Crippen LogP contribution < -0.4 is 0 Å². The van der Waals surface area contributed by atoms with Crippen molar-refractivity contribution in [1.29, 1.82) is 0 Å². The number of hydrogen-bond acceptors (Lipinski definition) is 1. The molecule has 0 bridgehead atoms. The van der Waals surface area contributed by atoms with Gasteiger partial charge < -0.3 is 0 Å². The molecule has 0 unspecified atom stereocenters. The van der Waals surface area contributed by atoms with Gasteiger partial charge in [0.2, 0.25) is 0 Å². The van der Waals surface area contributed by atoms with Gasteiger partial charge in [-0.25, -0.2) is 0 Å². The van der Waals surface area contributed by atoms with Gasteiger partial charge in [-0.15, -0.1) is 0 Å². The second-order valence-corrected chi connectivity index (χ2v) is 13.1. The first-order valence-corrected chi connectivity index (χ1v) is 10.3. The van der Waals surface area contributed by atoms with Crippen LogP contribution in [0, 0.1) is 0 Å². The van der Waals surface area contributed by atoms with Crippen LogP contribution in [0.2, 0.25) is 22.7 Å². The molecule has 0 amide bonds. The van der Waals surface area contributed by atoms with Gasteiger partial charge in [-0.3, -0.25) is 4.79 Å². The lowest BCUT2D eigenvalue weighted by atomic mass is 10.1. The predicted molar refractivity (Wildman–Crippen MR) is 91.4 cm³/mol. The fourth-order valence-electron chi connectivity index (χ4n) is 3.99. The summed E-state index contributed by atoms with van der Waals surface area (Å²) < 4.78 is 0. The van der Waals surface area contributed by atoms with Crippen LogP contribution in [0.15, 0.2) is 24.3 Å². The minimum atomic E-state index is -1.30. The number of aryl methyl sites for hydroxylation is 1. The van der Waals surface area contributed by atoms with Gasteiger partial charge in [0, 0.05) is 5.56 Å². The highest BCUT2D eigenvalue weighted by Crippen LogP contribution is 2.44. The standard InChI is InChI=1S/C18H30OSi/c1-14(2)20(15(3)4,16(5)6)12-11-17-7-9-18(13-19)10-8-17/h7-10,13-16H,11-12H2,1-6H3. The molecule has 20 heavy (non-hydrogen) atoms. The zero-order valence-electron chi connectivity index (χ0n) is 13.9. The lowest BCUT2D eigenvalue weighted by molar-refractivity contribution is 0.112. The fraction of sp³-hybridized carbons (Fsp3) is 0.611. The highest BCUT2D eigenvalue weighted by molar-refractivity contribution is 6.83. The van der Waals surface area contributed by atoms with Gasteiger partial charge in [-0.2, -0.15) is 0 Å². The van der Waals surface area contributed by atoms with Crippen LogP contribution in [0.3, 0.4) is 0 Å². The second-order valence-electron chi connectivity index (χ2n) is 6.94. The molecule has 0 saturated heterocycles. The Kier molecular flexibility index (Phi) is 6.19. The molecule has 0 aliphatic heterocycles. The Morgan fingerprint density at radius 2 is 1.35 bits per heavy atom. The molecule has 1 aromatic carbocycles. The van der Waals surface area contributed by atoms with Crippen LogP contribution in [-0.2, 0) is 6.42 Å². The highest BCUT2D eigenvalue weighted by atomic mass is 28.3. The molecule has 0 atom stereocenters. The molecule has 0 saturated carbocycles. The maximum atomic E-state index is 10.7. The molecule has 112 valence electrons. The van der Waals surface area contributed by atoms with Crippen molar-refractivity contribution in [3.63, 3.8) is 0 Å². The summed E-state index contributed by atoms with van der Waals surface area (Å²) in [6.07, 6.45) is 2.07. The highest BCUT2D eigenvalue weighted by Gasteiger charge is 2.41. The maximum Gasteiger partial charge on any atom is 0.150 e. The van der Waals surface area contributed by atoms with Crippen molar-refractivity contribution in [3.8, 4) is 0 Å². The topological polar surface area (TPSA) is 17.1 Å². The van der Waals surface area contributed by atoms with Gasteiger partial charge in [-0.1, -0.05) is 88.5 Å². The number of hydrogen-bond donors (Lipinski definition) is 0. The molecule has 0 heterocycles. The Hall–Kier alpha value is -0.893. The molecular formula is C18H30OSi. The zero-order valence-corrected chi connectivity index (χ0v) is 14.9. The zero-order chi connectivity index (χ0) is 15.3. The van der Waals surface area contributed by atoms with E-state index in [9.17, 15) is 4.79 Å². The third-order valence-corrected chi connectivity index (χ3v) is 12.8. The number of rotatable bonds is 7. The molecule has 1 nitrogen and oxygen atoms in total. The van der Waals surface area contributed by atoms with Crippen molar-refractivity contribution in [2.24, 2.45) is 0 Å². The van der Waals surface area contributed by atoms with Crippen molar-refractivity contribution in [1.82, 2.24) is 0 Å². The monoisotopic (exact) mass is 290 g/mol. The average molecular weight is 291 g/mol. The summed E-state index contributed by atoms with van der Waals surface area (Å²) >= 11 is 0. The molecule has 0 aliphatic carbocycles. The van der Waals surface area contributed by atoms with Gasteiger partial charge in [-0.05, 0) is 12.0 Å². The van der Waals surface area contributed by atoms with E-state index in [4.69, 9.17) is 0 Å². The SMILES string of the molecule is CC(C)[Si](CCc1ccc(C=O)cc1)(C(C)C)C(C)C. The van der Waals surface area contributed by atoms with Gasteiger partial charge in [0.15, 0.2) is 0 Å². The molecule has 1 aromatic rings. The molecule has 1 rings (SSSR count). The van der Waals surface area contributed by atoms with Gasteiger partial charge in [0.1, 0.15) is 6.29 Å². The van der Waals surface area contributed by atoms with Crippen LogP contribution in [0.25, 0.3) is 0 Å². The van der Waals surface area contributed by atoms with E-state index >= 15 is 0 Å². The summed E-state index contributed by atoms with van der Waals surface area (Å²) in [6.45, 7) is 14.5. The minimum absolute atomic E-state index is 0.772. The predicted octanol–water partition coefficient (Wildman–Crippen LogP) is 5.72. The van der Waals surface area contributed by atoms with Crippen molar-refractivity contribution >= 4 is 14.4 Å². The molecule has 0 fully saturated rings. The largest absolute Gasteiger partial charge is 0.298 e. The quantitative estimate of drug-likeness (QED) is 0.463. The van der Waals surface area contributed by atoms with Crippen molar-refractivity contribution < 1.29 is 4.79 Å². The lowest BCUT2D eigenvalue weighted by Crippen LogP contribution is -2.44. The fourth-order valence-corrected chi connectivity index (χ4v) is 10.4. The van der Waals surface area contributed by atoms with Crippen LogP contribution in [0.5, 0.6) is 0 Å². The smallest absolute Gasteiger partial charge is 0.150 e. The van der Waals surface area contributed by atoms with Crippen LogP contribution in [0.4, 0.5) is 0 Å². The molecule has 0 N–H and O–H groups in total. The molecular weight excluding hydrogens is 260 g/mol. The Balaban J connectivity index is 2.87. The second kappa shape index (κ2) is 7.21. The van der Waals surface area contributed by atoms with E-state index in [2.05, 4.69) is 53.7 Å². The molecule has 0 radical (unpaired) electrons. The maximum absolute atomic E-state index is 10.7. The van der Waals surface area contributed by atoms with E-state index in [1.165, 1.54) is 11.6 Å². The number of carbonyl (C=O) groups is 1. The molecule has 0 aliphatic rings. The third kappa shape index (κ3) is 3.60. The van der Waals surface area contributed by atoms with Crippen molar-refractivity contribution in [2.45, 2.75) is 70.6 Å². The summed E-state index contributed by atoms with van der Waals surface area (Å²) in [5.74, 6) is 0. The number of aldehydes is 1. The summed E-state index contributed by atoms with van der Waals surface area (Å²) in [5, 5.41) is 0. The molecule has 2 heteroatoms. The van der Waals surface area contributed by atoms with E-state index in [-0.39, 0.29) is 0 Å². The summed E-state index contributed by atoms with van der Waals surface area (Å²) in [6, 6.07) is 9.45. The van der Waals surface area contributed by atoms with E-state index in [1.807, 2.05) is 12.1 Å². The van der Waals surface area contributed by atoms with E-state index in [0.717, 1.165) is 34.9 Å². The van der Waals surface area contributed by atoms with E-state index in [1.54, 1.807) is 0 Å². The van der Waals surface area contributed by atoms with Crippen molar-refractivity contribution in [3.05, 3.63) is 35.4 Å². The van der Waals surface area contributed by atoms with E-state index in [0.29, 0.717) is 0 Å². The van der Waals surface area contributed by atoms with Gasteiger partial charge >= 0.3 is 0 Å². The molecule has 0 aromatic heterocycles. The number of carbonyl (C=O) groups excluding carboxylic acids is 1. The van der Waals surface area contributed by atoms with Crippen LogP contribution in [0.1, 0.15) is 57.5 Å². The third-order valence-electron chi connectivity index (χ3n) is 5.19. The summed E-state index contributed by atoms with van der Waals surface area (Å²) in [5.41, 5.74) is 4.59. The van der Waals surface area contributed by atoms with Crippen molar-refractivity contribution in [2.75, 3.05) is 0 Å². The summed E-state index contributed by atoms with van der Waals surface area (Å²) in [7, 11) is -1.30. The Morgan fingerprint density at radius 3 is 1.70 bits per heavy atom. The first-order chi connectivity index (χ1) is 9.34. The normalized spacial score (nSPS) is 12.4. The van der Waals surface area contributed by atoms with Gasteiger partial charge in [0.05, 0.1) is 8.07 Å². The minimum Gasteiger partial charge on any atom is -0.298 e. The number of benzene rings is 1. The Morgan fingerprint density at radius 1 is 0.900 bits per heavy atom. The lowest BCUT2D eigenvalue weighted by Gasteiger charge is -2.43. The summed E-state index contributed by atoms with van der Waals surface area (Å²) in [4.78, 5) is 10.7. The Bertz CT molecular complexity index is 396. The van der Waals surface area contributed by atoms with Gasteiger partial charge in [0.25, 0.3) is 0 Å². The van der Waals surface area contributed by atoms with Crippen LogP contribution in [-0.4, -0.2) is 14.4 Å². The first-order valence-electron chi connectivity index (χ1n) is 7.88. The average Bonchev–Trinajstić information content (AvgIpc) is 2.38. The van der Waals surface area contributed by atoms with E-state index < -0.39 is 8.07 Å². The Labute approximate surface area is 125 Å².